The van der Waals surface area contributed by atoms with Crippen LogP contribution >= 0.6 is 27.5 Å². The Bertz CT molecular complexity index is 752. The van der Waals surface area contributed by atoms with Crippen molar-refractivity contribution in [3.05, 3.63) is 63.1 Å². The van der Waals surface area contributed by atoms with E-state index in [1.807, 2.05) is 6.07 Å². The van der Waals surface area contributed by atoms with E-state index in [-0.39, 0.29) is 18.4 Å². The van der Waals surface area contributed by atoms with Crippen LogP contribution in [0.25, 0.3) is 0 Å². The zero-order valence-electron chi connectivity index (χ0n) is 12.9. The Morgan fingerprint density at radius 1 is 1.08 bits per heavy atom. The van der Waals surface area contributed by atoms with E-state index >= 15 is 0 Å². The van der Waals surface area contributed by atoms with Gasteiger partial charge in [0.2, 0.25) is 0 Å². The summed E-state index contributed by atoms with van der Waals surface area (Å²) < 4.78 is 5.97. The van der Waals surface area contributed by atoms with Crippen LogP contribution in [0.5, 0.6) is 5.75 Å². The average molecular weight is 412 g/mol. The van der Waals surface area contributed by atoms with Gasteiger partial charge in [0.25, 0.3) is 11.8 Å². The third kappa shape index (κ3) is 4.97. The Hall–Kier alpha value is -2.05. The van der Waals surface area contributed by atoms with E-state index in [9.17, 15) is 9.59 Å². The number of carbonyl (C=O) groups excluding carboxylic acids is 2. The molecule has 0 unspecified atom stereocenters. The maximum absolute atomic E-state index is 12.2. The number of carbonyl (C=O) groups is 2. The molecular weight excluding hydrogens is 396 g/mol. The fraction of sp³-hybridized carbons (Fsp3) is 0.176. The molecule has 2 rings (SSSR count). The molecule has 0 heterocycles. The van der Waals surface area contributed by atoms with Crippen LogP contribution in [-0.4, -0.2) is 32.0 Å². The maximum Gasteiger partial charge on any atom is 0.255 e. The molecule has 2 aromatic carbocycles. The summed E-state index contributed by atoms with van der Waals surface area (Å²) in [7, 11) is 1.48. The number of benzene rings is 2. The summed E-state index contributed by atoms with van der Waals surface area (Å²) in [6, 6.07) is 11.9. The van der Waals surface area contributed by atoms with Gasteiger partial charge in [0.15, 0.2) is 0 Å². The van der Waals surface area contributed by atoms with Crippen LogP contribution in [0.4, 0.5) is 0 Å². The monoisotopic (exact) mass is 410 g/mol. The Morgan fingerprint density at radius 3 is 2.46 bits per heavy atom. The number of hydrogen-bond acceptors (Lipinski definition) is 3. The summed E-state index contributed by atoms with van der Waals surface area (Å²) in [5.74, 6) is -0.0768. The van der Waals surface area contributed by atoms with Gasteiger partial charge in [-0.3, -0.25) is 9.59 Å². The van der Waals surface area contributed by atoms with Gasteiger partial charge in [-0.1, -0.05) is 33.6 Å². The highest BCUT2D eigenvalue weighted by atomic mass is 79.9. The number of rotatable bonds is 6. The van der Waals surface area contributed by atoms with Crippen LogP contribution < -0.4 is 15.4 Å². The van der Waals surface area contributed by atoms with Gasteiger partial charge >= 0.3 is 0 Å². The van der Waals surface area contributed by atoms with E-state index < -0.39 is 0 Å². The summed E-state index contributed by atoms with van der Waals surface area (Å²) in [5, 5.41) is 5.91. The molecule has 126 valence electrons. The molecule has 0 saturated carbocycles. The first-order valence-electron chi connectivity index (χ1n) is 7.17. The fourth-order valence-corrected chi connectivity index (χ4v) is 2.61. The second kappa shape index (κ2) is 8.70. The van der Waals surface area contributed by atoms with Gasteiger partial charge in [-0.2, -0.15) is 0 Å². The minimum atomic E-state index is -0.314. The normalized spacial score (nSPS) is 10.1. The van der Waals surface area contributed by atoms with Gasteiger partial charge < -0.3 is 15.4 Å². The predicted molar refractivity (Wildman–Crippen MR) is 96.8 cm³/mol. The molecule has 0 atom stereocenters. The standard InChI is InChI=1S/C17H16BrClN2O3/c1-24-15-6-5-13(19)10-14(15)17(23)21-8-7-20-16(22)11-3-2-4-12(18)9-11/h2-6,9-10H,7-8H2,1H3,(H,20,22)(H,21,23). The number of amides is 2. The lowest BCUT2D eigenvalue weighted by Crippen LogP contribution is -2.34. The van der Waals surface area contributed by atoms with Crippen molar-refractivity contribution in [3.63, 3.8) is 0 Å². The Morgan fingerprint density at radius 2 is 1.79 bits per heavy atom. The molecule has 2 amide bonds. The molecule has 7 heteroatoms. The first kappa shape index (κ1) is 18.3. The van der Waals surface area contributed by atoms with E-state index in [1.54, 1.807) is 30.3 Å². The maximum atomic E-state index is 12.2. The SMILES string of the molecule is COc1ccc(Cl)cc1C(=O)NCCNC(=O)c1cccc(Br)c1. The molecule has 0 bridgehead atoms. The molecule has 0 aliphatic heterocycles. The third-order valence-electron chi connectivity index (χ3n) is 3.19. The van der Waals surface area contributed by atoms with Crippen LogP contribution in [0.1, 0.15) is 20.7 Å². The van der Waals surface area contributed by atoms with Crippen molar-refractivity contribution in [2.75, 3.05) is 20.2 Å². The van der Waals surface area contributed by atoms with Crippen molar-refractivity contribution < 1.29 is 14.3 Å². The lowest BCUT2D eigenvalue weighted by atomic mass is 10.2. The van der Waals surface area contributed by atoms with Gasteiger partial charge in [-0.15, -0.1) is 0 Å². The zero-order chi connectivity index (χ0) is 17.5. The quantitative estimate of drug-likeness (QED) is 0.717. The van der Waals surface area contributed by atoms with Crippen LogP contribution in [0.3, 0.4) is 0 Å². The van der Waals surface area contributed by atoms with Crippen LogP contribution in [-0.2, 0) is 0 Å². The van der Waals surface area contributed by atoms with E-state index in [2.05, 4.69) is 26.6 Å². The molecule has 0 aliphatic rings. The Kier molecular flexibility index (Phi) is 6.63. The van der Waals surface area contributed by atoms with E-state index in [1.165, 1.54) is 13.2 Å². The third-order valence-corrected chi connectivity index (χ3v) is 3.92. The second-order valence-electron chi connectivity index (χ2n) is 4.87. The average Bonchev–Trinajstić information content (AvgIpc) is 2.58. The molecule has 0 aromatic heterocycles. The molecule has 0 saturated heterocycles. The van der Waals surface area contributed by atoms with Gasteiger partial charge in [-0.05, 0) is 36.4 Å². The second-order valence-corrected chi connectivity index (χ2v) is 6.22. The fourth-order valence-electron chi connectivity index (χ4n) is 2.04. The molecule has 5 nitrogen and oxygen atoms in total. The van der Waals surface area contributed by atoms with Crippen LogP contribution in [0.15, 0.2) is 46.9 Å². The van der Waals surface area contributed by atoms with E-state index in [4.69, 9.17) is 16.3 Å². The topological polar surface area (TPSA) is 67.4 Å². The van der Waals surface area contributed by atoms with Gasteiger partial charge in [0, 0.05) is 28.1 Å². The molecular formula is C17H16BrClN2O3. The Balaban J connectivity index is 1.85. The highest BCUT2D eigenvalue weighted by Gasteiger charge is 2.12. The molecule has 2 N–H and O–H groups in total. The smallest absolute Gasteiger partial charge is 0.255 e. The summed E-state index contributed by atoms with van der Waals surface area (Å²) >= 11 is 9.22. The summed E-state index contributed by atoms with van der Waals surface area (Å²) in [4.78, 5) is 24.1. The van der Waals surface area contributed by atoms with E-state index in [0.717, 1.165) is 4.47 Å². The first-order chi connectivity index (χ1) is 11.5. The number of halogens is 2. The minimum absolute atomic E-state index is 0.203. The number of methoxy groups -OCH3 is 1. The molecule has 24 heavy (non-hydrogen) atoms. The van der Waals surface area contributed by atoms with Crippen LogP contribution in [0.2, 0.25) is 5.02 Å². The van der Waals surface area contributed by atoms with Crippen LogP contribution in [0, 0.1) is 0 Å². The summed E-state index contributed by atoms with van der Waals surface area (Å²) in [5.41, 5.74) is 0.899. The highest BCUT2D eigenvalue weighted by Crippen LogP contribution is 2.22. The minimum Gasteiger partial charge on any atom is -0.496 e. The zero-order valence-corrected chi connectivity index (χ0v) is 15.3. The largest absolute Gasteiger partial charge is 0.496 e. The van der Waals surface area contributed by atoms with Crippen molar-refractivity contribution >= 4 is 39.3 Å². The molecule has 2 aromatic rings. The van der Waals surface area contributed by atoms with Gasteiger partial charge in [0.05, 0.1) is 12.7 Å². The lowest BCUT2D eigenvalue weighted by molar-refractivity contribution is 0.0926. The van der Waals surface area contributed by atoms with E-state index in [0.29, 0.717) is 28.4 Å². The summed E-state index contributed by atoms with van der Waals surface area (Å²) in [6.07, 6.45) is 0. The summed E-state index contributed by atoms with van der Waals surface area (Å²) in [6.45, 7) is 0.591. The van der Waals surface area contributed by atoms with Crippen molar-refractivity contribution in [3.8, 4) is 5.75 Å². The van der Waals surface area contributed by atoms with Crippen molar-refractivity contribution in [2.24, 2.45) is 0 Å². The number of hydrogen-bond donors (Lipinski definition) is 2. The molecule has 0 fully saturated rings. The van der Waals surface area contributed by atoms with Gasteiger partial charge in [0.1, 0.15) is 5.75 Å². The lowest BCUT2D eigenvalue weighted by Gasteiger charge is -2.10. The predicted octanol–water partition coefficient (Wildman–Crippen LogP) is 3.27. The first-order valence-corrected chi connectivity index (χ1v) is 8.34. The molecule has 0 aliphatic carbocycles. The van der Waals surface area contributed by atoms with Crippen molar-refractivity contribution in [1.82, 2.24) is 10.6 Å². The van der Waals surface area contributed by atoms with Crippen molar-refractivity contribution in [2.45, 2.75) is 0 Å². The Labute approximate surface area is 153 Å². The number of ether oxygens (including phenoxy) is 1. The number of nitrogens with one attached hydrogen (secondary N) is 2. The van der Waals surface area contributed by atoms with Gasteiger partial charge in [-0.25, -0.2) is 0 Å². The van der Waals surface area contributed by atoms with Crippen molar-refractivity contribution in [1.29, 1.82) is 0 Å². The molecule has 0 radical (unpaired) electrons. The highest BCUT2D eigenvalue weighted by molar-refractivity contribution is 9.10. The molecule has 0 spiro atoms.